The summed E-state index contributed by atoms with van der Waals surface area (Å²) in [4.78, 5) is 13.5. The number of amides is 1. The van der Waals surface area contributed by atoms with Crippen LogP contribution in [0.3, 0.4) is 0 Å². The molecule has 2 rings (SSSR count). The summed E-state index contributed by atoms with van der Waals surface area (Å²) in [5.41, 5.74) is 2.46. The number of hydrogen-bond acceptors (Lipinski definition) is 3. The third-order valence-electron chi connectivity index (χ3n) is 3.01. The number of carbonyl (C=O) groups is 1. The summed E-state index contributed by atoms with van der Waals surface area (Å²) < 4.78 is 0. The van der Waals surface area contributed by atoms with Crippen molar-refractivity contribution in [3.8, 4) is 6.07 Å². The van der Waals surface area contributed by atoms with E-state index in [9.17, 15) is 4.79 Å². The summed E-state index contributed by atoms with van der Waals surface area (Å²) in [6.07, 6.45) is 2.17. The van der Waals surface area contributed by atoms with Crippen molar-refractivity contribution >= 4 is 11.6 Å². The maximum atomic E-state index is 11.7. The van der Waals surface area contributed by atoms with Crippen molar-refractivity contribution in [3.05, 3.63) is 29.3 Å². The zero-order valence-electron chi connectivity index (χ0n) is 10.7. The lowest BCUT2D eigenvalue weighted by molar-refractivity contribution is -0.119. The fourth-order valence-corrected chi connectivity index (χ4v) is 1.87. The zero-order chi connectivity index (χ0) is 13.1. The van der Waals surface area contributed by atoms with Gasteiger partial charge >= 0.3 is 0 Å². The van der Waals surface area contributed by atoms with Crippen LogP contribution < -0.4 is 10.2 Å². The number of likely N-dealkylation sites (N-methyl/N-ethyl adjacent to an activating group) is 1. The van der Waals surface area contributed by atoms with Gasteiger partial charge in [0.2, 0.25) is 5.91 Å². The van der Waals surface area contributed by atoms with Gasteiger partial charge in [0.1, 0.15) is 6.07 Å². The summed E-state index contributed by atoms with van der Waals surface area (Å²) in [6.45, 7) is 2.23. The summed E-state index contributed by atoms with van der Waals surface area (Å²) in [5, 5.41) is 12.0. The van der Waals surface area contributed by atoms with Gasteiger partial charge in [-0.3, -0.25) is 4.79 Å². The molecular formula is C14H17N3O. The van der Waals surface area contributed by atoms with Gasteiger partial charge in [-0.1, -0.05) is 6.07 Å². The van der Waals surface area contributed by atoms with E-state index in [1.165, 1.54) is 0 Å². The predicted molar refractivity (Wildman–Crippen MR) is 70.3 cm³/mol. The fourth-order valence-electron chi connectivity index (χ4n) is 1.87. The molecule has 1 aliphatic rings. The molecule has 1 amide bonds. The second-order valence-electron chi connectivity index (χ2n) is 4.83. The monoisotopic (exact) mass is 243 g/mol. The Kier molecular flexibility index (Phi) is 3.52. The van der Waals surface area contributed by atoms with Crippen LogP contribution in [0.1, 0.15) is 24.0 Å². The minimum absolute atomic E-state index is 0.0180. The number of nitrogens with one attached hydrogen (secondary N) is 1. The minimum atomic E-state index is 0.0180. The molecule has 0 aromatic heterocycles. The Balaban J connectivity index is 2.05. The highest BCUT2D eigenvalue weighted by Gasteiger charge is 2.23. The third kappa shape index (κ3) is 3.01. The third-order valence-corrected chi connectivity index (χ3v) is 3.01. The van der Waals surface area contributed by atoms with Crippen molar-refractivity contribution in [3.63, 3.8) is 0 Å². The smallest absolute Gasteiger partial charge is 0.239 e. The maximum Gasteiger partial charge on any atom is 0.239 e. The first-order valence-corrected chi connectivity index (χ1v) is 6.11. The molecule has 0 saturated heterocycles. The van der Waals surface area contributed by atoms with Crippen LogP contribution in [-0.2, 0) is 4.79 Å². The van der Waals surface area contributed by atoms with Crippen LogP contribution >= 0.6 is 0 Å². The van der Waals surface area contributed by atoms with Gasteiger partial charge in [-0.2, -0.15) is 5.26 Å². The lowest BCUT2D eigenvalue weighted by atomic mass is 10.1. The van der Waals surface area contributed by atoms with Crippen molar-refractivity contribution in [2.24, 2.45) is 0 Å². The summed E-state index contributed by atoms with van der Waals surface area (Å²) in [6, 6.07) is 8.22. The first-order valence-electron chi connectivity index (χ1n) is 6.11. The van der Waals surface area contributed by atoms with E-state index in [0.717, 1.165) is 24.1 Å². The second kappa shape index (κ2) is 5.09. The number of carbonyl (C=O) groups excluding carboxylic acids is 1. The fraction of sp³-hybridized carbons (Fsp3) is 0.429. The molecule has 0 atom stereocenters. The Morgan fingerprint density at radius 3 is 2.89 bits per heavy atom. The average molecular weight is 243 g/mol. The standard InChI is InChI=1S/C14H17N3O/c1-10-3-6-13(11(7-10)8-15)17(2)9-14(18)16-12-4-5-12/h3,6-7,12H,4-5,9H2,1-2H3,(H,16,18). The van der Waals surface area contributed by atoms with Gasteiger partial charge in [0.15, 0.2) is 0 Å². The molecule has 18 heavy (non-hydrogen) atoms. The molecule has 4 heteroatoms. The molecule has 0 heterocycles. The molecule has 0 aliphatic heterocycles. The maximum absolute atomic E-state index is 11.7. The molecule has 0 radical (unpaired) electrons. The first kappa shape index (κ1) is 12.4. The predicted octanol–water partition coefficient (Wildman–Crippen LogP) is 1.58. The highest BCUT2D eigenvalue weighted by atomic mass is 16.2. The SMILES string of the molecule is Cc1ccc(N(C)CC(=O)NC2CC2)c(C#N)c1. The summed E-state index contributed by atoms with van der Waals surface area (Å²) >= 11 is 0. The van der Waals surface area contributed by atoms with E-state index in [2.05, 4.69) is 11.4 Å². The number of rotatable bonds is 4. The van der Waals surface area contributed by atoms with Gasteiger partial charge in [0, 0.05) is 13.1 Å². The quantitative estimate of drug-likeness (QED) is 0.873. The number of nitriles is 1. The van der Waals surface area contributed by atoms with E-state index in [4.69, 9.17) is 5.26 Å². The van der Waals surface area contributed by atoms with Crippen LogP contribution in [0.4, 0.5) is 5.69 Å². The van der Waals surface area contributed by atoms with Crippen molar-refractivity contribution in [2.75, 3.05) is 18.5 Å². The van der Waals surface area contributed by atoms with Crippen molar-refractivity contribution in [2.45, 2.75) is 25.8 Å². The Morgan fingerprint density at radius 2 is 2.28 bits per heavy atom. The van der Waals surface area contributed by atoms with Crippen molar-refractivity contribution in [1.82, 2.24) is 5.32 Å². The Labute approximate surface area is 107 Å². The van der Waals surface area contributed by atoms with Gasteiger partial charge in [0.05, 0.1) is 17.8 Å². The Bertz CT molecular complexity index is 500. The van der Waals surface area contributed by atoms with E-state index in [0.29, 0.717) is 11.6 Å². The van der Waals surface area contributed by atoms with E-state index < -0.39 is 0 Å². The van der Waals surface area contributed by atoms with Crippen LogP contribution in [-0.4, -0.2) is 25.5 Å². The van der Waals surface area contributed by atoms with Crippen LogP contribution in [0.25, 0.3) is 0 Å². The van der Waals surface area contributed by atoms with Crippen LogP contribution in [0.2, 0.25) is 0 Å². The molecule has 94 valence electrons. The average Bonchev–Trinajstić information content (AvgIpc) is 3.12. The molecule has 0 bridgehead atoms. The lowest BCUT2D eigenvalue weighted by Gasteiger charge is -2.20. The summed E-state index contributed by atoms with van der Waals surface area (Å²) in [5.74, 6) is 0.0180. The topological polar surface area (TPSA) is 56.1 Å². The molecule has 1 fully saturated rings. The van der Waals surface area contributed by atoms with Crippen LogP contribution in [0.5, 0.6) is 0 Å². The summed E-state index contributed by atoms with van der Waals surface area (Å²) in [7, 11) is 1.83. The molecule has 1 saturated carbocycles. The highest BCUT2D eigenvalue weighted by Crippen LogP contribution is 2.21. The van der Waals surface area contributed by atoms with Crippen molar-refractivity contribution in [1.29, 1.82) is 5.26 Å². The van der Waals surface area contributed by atoms with Gasteiger partial charge in [0.25, 0.3) is 0 Å². The highest BCUT2D eigenvalue weighted by molar-refractivity contribution is 5.82. The number of hydrogen-bond donors (Lipinski definition) is 1. The first-order chi connectivity index (χ1) is 8.60. The van der Waals surface area contributed by atoms with Gasteiger partial charge < -0.3 is 10.2 Å². The largest absolute Gasteiger partial charge is 0.364 e. The van der Waals surface area contributed by atoms with E-state index in [1.807, 2.05) is 37.1 Å². The Morgan fingerprint density at radius 1 is 1.56 bits per heavy atom. The van der Waals surface area contributed by atoms with E-state index in [1.54, 1.807) is 0 Å². The molecule has 1 aromatic rings. The van der Waals surface area contributed by atoms with Crippen LogP contribution in [0.15, 0.2) is 18.2 Å². The van der Waals surface area contributed by atoms with Gasteiger partial charge in [-0.15, -0.1) is 0 Å². The Hall–Kier alpha value is -2.02. The van der Waals surface area contributed by atoms with Gasteiger partial charge in [-0.05, 0) is 37.5 Å². The second-order valence-corrected chi connectivity index (χ2v) is 4.83. The number of nitrogens with zero attached hydrogens (tertiary/aromatic N) is 2. The number of benzene rings is 1. The van der Waals surface area contributed by atoms with Crippen molar-refractivity contribution < 1.29 is 4.79 Å². The molecular weight excluding hydrogens is 226 g/mol. The molecule has 0 unspecified atom stereocenters. The lowest BCUT2D eigenvalue weighted by Crippen LogP contribution is -2.36. The number of anilines is 1. The zero-order valence-corrected chi connectivity index (χ0v) is 10.7. The van der Waals surface area contributed by atoms with E-state index >= 15 is 0 Å². The normalized spacial score (nSPS) is 13.8. The molecule has 1 N–H and O–H groups in total. The molecule has 1 aliphatic carbocycles. The minimum Gasteiger partial charge on any atom is -0.364 e. The molecule has 1 aromatic carbocycles. The van der Waals surface area contributed by atoms with E-state index in [-0.39, 0.29) is 12.5 Å². The van der Waals surface area contributed by atoms with Gasteiger partial charge in [-0.25, -0.2) is 0 Å². The molecule has 0 spiro atoms. The molecule has 4 nitrogen and oxygen atoms in total. The van der Waals surface area contributed by atoms with Crippen LogP contribution in [0, 0.1) is 18.3 Å². The number of aryl methyl sites for hydroxylation is 1.